The fourth-order valence-electron chi connectivity index (χ4n) is 1.05. The highest BCUT2D eigenvalue weighted by molar-refractivity contribution is 5.23. The Morgan fingerprint density at radius 3 is 2.40 bits per heavy atom. The van der Waals surface area contributed by atoms with Crippen molar-refractivity contribution in [3.05, 3.63) is 45.6 Å². The monoisotopic (exact) mass is 217 g/mol. The van der Waals surface area contributed by atoms with E-state index in [1.54, 1.807) is 0 Å². The van der Waals surface area contributed by atoms with Crippen molar-refractivity contribution < 1.29 is 18.3 Å². The molecule has 1 atom stereocenters. The largest absolute Gasteiger partial charge is 0.396 e. The molecule has 0 fully saturated rings. The lowest BCUT2D eigenvalue weighted by Crippen LogP contribution is -2.05. The second kappa shape index (κ2) is 4.68. The first-order chi connectivity index (χ1) is 7.10. The normalized spacial score (nSPS) is 12.0. The molecule has 0 amide bonds. The second-order valence-corrected chi connectivity index (χ2v) is 2.69. The number of azide groups is 1. The molecule has 0 saturated heterocycles. The first kappa shape index (κ1) is 11.4. The van der Waals surface area contributed by atoms with Crippen LogP contribution in [0.4, 0.5) is 13.2 Å². The summed E-state index contributed by atoms with van der Waals surface area (Å²) in [6, 6.07) is -0.370. The van der Waals surface area contributed by atoms with Crippen LogP contribution < -0.4 is 0 Å². The summed E-state index contributed by atoms with van der Waals surface area (Å²) in [4.78, 5) is 2.36. The van der Waals surface area contributed by atoms with Crippen molar-refractivity contribution in [1.29, 1.82) is 0 Å². The Bertz CT molecular complexity index is 418. The fraction of sp³-hybridized carbons (Fsp3) is 0.250. The Hall–Kier alpha value is -1.72. The maximum Gasteiger partial charge on any atom is 0.161 e. The Morgan fingerprint density at radius 2 is 1.87 bits per heavy atom. The zero-order chi connectivity index (χ0) is 11.4. The number of hydrogen-bond acceptors (Lipinski definition) is 2. The zero-order valence-corrected chi connectivity index (χ0v) is 7.36. The Kier molecular flexibility index (Phi) is 3.54. The van der Waals surface area contributed by atoms with Gasteiger partial charge in [0.05, 0.1) is 12.6 Å². The number of rotatable bonds is 3. The van der Waals surface area contributed by atoms with Gasteiger partial charge in [0.2, 0.25) is 0 Å². The molecule has 1 N–H and O–H groups in total. The van der Waals surface area contributed by atoms with Crippen LogP contribution in [0, 0.1) is 17.5 Å². The molecule has 0 aliphatic carbocycles. The standard InChI is InChI=1S/C8H6F3N3O/c9-5-2-7(11)6(10)1-4(5)8(3-15)13-14-12/h1-2,8,15H,3H2. The zero-order valence-electron chi connectivity index (χ0n) is 7.36. The van der Waals surface area contributed by atoms with Gasteiger partial charge in [-0.25, -0.2) is 13.2 Å². The Morgan fingerprint density at radius 1 is 1.27 bits per heavy atom. The highest BCUT2D eigenvalue weighted by atomic mass is 19.2. The number of hydrogen-bond donors (Lipinski definition) is 1. The van der Waals surface area contributed by atoms with Gasteiger partial charge in [-0.05, 0) is 11.6 Å². The van der Waals surface area contributed by atoms with Crippen LogP contribution in [0.5, 0.6) is 0 Å². The van der Waals surface area contributed by atoms with Crippen molar-refractivity contribution in [1.82, 2.24) is 0 Å². The predicted molar refractivity (Wildman–Crippen MR) is 45.3 cm³/mol. The molecule has 7 heteroatoms. The average Bonchev–Trinajstić information content (AvgIpc) is 2.20. The molecular formula is C8H6F3N3O. The van der Waals surface area contributed by atoms with Crippen LogP contribution in [0.25, 0.3) is 10.4 Å². The van der Waals surface area contributed by atoms with Gasteiger partial charge < -0.3 is 5.11 Å². The lowest BCUT2D eigenvalue weighted by molar-refractivity contribution is 0.264. The highest BCUT2D eigenvalue weighted by Crippen LogP contribution is 2.23. The van der Waals surface area contributed by atoms with Crippen molar-refractivity contribution in [3.63, 3.8) is 0 Å². The third kappa shape index (κ3) is 2.39. The molecule has 0 radical (unpaired) electrons. The van der Waals surface area contributed by atoms with E-state index in [2.05, 4.69) is 10.0 Å². The molecule has 0 heterocycles. The van der Waals surface area contributed by atoms with Gasteiger partial charge in [-0.1, -0.05) is 5.11 Å². The van der Waals surface area contributed by atoms with Crippen molar-refractivity contribution in [2.75, 3.05) is 6.61 Å². The molecule has 1 rings (SSSR count). The van der Waals surface area contributed by atoms with Crippen LogP contribution in [0.1, 0.15) is 11.6 Å². The first-order valence-corrected chi connectivity index (χ1v) is 3.89. The molecule has 15 heavy (non-hydrogen) atoms. The first-order valence-electron chi connectivity index (χ1n) is 3.89. The van der Waals surface area contributed by atoms with E-state index in [0.29, 0.717) is 12.1 Å². The SMILES string of the molecule is [N-]=[N+]=NC(CO)c1cc(F)c(F)cc1F. The summed E-state index contributed by atoms with van der Waals surface area (Å²) in [7, 11) is 0. The molecule has 1 aromatic rings. The molecule has 1 aromatic carbocycles. The van der Waals surface area contributed by atoms with E-state index in [0.717, 1.165) is 0 Å². The lowest BCUT2D eigenvalue weighted by atomic mass is 10.1. The Labute approximate surface area is 82.6 Å². The van der Waals surface area contributed by atoms with Gasteiger partial charge in [0.25, 0.3) is 0 Å². The maximum atomic E-state index is 13.1. The fourth-order valence-corrected chi connectivity index (χ4v) is 1.05. The summed E-state index contributed by atoms with van der Waals surface area (Å²) in [6.07, 6.45) is 0. The maximum absolute atomic E-state index is 13.1. The number of aliphatic hydroxyl groups excluding tert-OH is 1. The van der Waals surface area contributed by atoms with E-state index in [-0.39, 0.29) is 5.56 Å². The van der Waals surface area contributed by atoms with E-state index in [4.69, 9.17) is 10.6 Å². The Balaban J connectivity index is 3.23. The van der Waals surface area contributed by atoms with Crippen molar-refractivity contribution in [3.8, 4) is 0 Å². The molecule has 1 unspecified atom stereocenters. The molecular weight excluding hydrogens is 211 g/mol. The van der Waals surface area contributed by atoms with Crippen molar-refractivity contribution >= 4 is 0 Å². The van der Waals surface area contributed by atoms with E-state index in [1.807, 2.05) is 0 Å². The van der Waals surface area contributed by atoms with Crippen LogP contribution in [0.15, 0.2) is 17.2 Å². The van der Waals surface area contributed by atoms with Crippen molar-refractivity contribution in [2.45, 2.75) is 6.04 Å². The third-order valence-corrected chi connectivity index (χ3v) is 1.76. The number of benzene rings is 1. The molecule has 0 bridgehead atoms. The van der Waals surface area contributed by atoms with Gasteiger partial charge in [0.15, 0.2) is 11.6 Å². The van der Waals surface area contributed by atoms with Crippen molar-refractivity contribution in [2.24, 2.45) is 5.11 Å². The van der Waals surface area contributed by atoms with Gasteiger partial charge in [-0.3, -0.25) is 0 Å². The minimum absolute atomic E-state index is 0.334. The smallest absolute Gasteiger partial charge is 0.161 e. The summed E-state index contributed by atoms with van der Waals surface area (Å²) >= 11 is 0. The molecule has 0 aliphatic rings. The van der Waals surface area contributed by atoms with Crippen LogP contribution in [-0.2, 0) is 0 Å². The third-order valence-electron chi connectivity index (χ3n) is 1.76. The van der Waals surface area contributed by atoms with Gasteiger partial charge in [0, 0.05) is 16.5 Å². The van der Waals surface area contributed by atoms with Gasteiger partial charge >= 0.3 is 0 Å². The van der Waals surface area contributed by atoms with E-state index >= 15 is 0 Å². The molecule has 0 aromatic heterocycles. The number of aliphatic hydroxyl groups is 1. The molecule has 80 valence electrons. The molecule has 0 spiro atoms. The van der Waals surface area contributed by atoms with Crippen LogP contribution in [0.3, 0.4) is 0 Å². The van der Waals surface area contributed by atoms with Gasteiger partial charge in [-0.2, -0.15) is 0 Å². The lowest BCUT2D eigenvalue weighted by Gasteiger charge is -2.09. The number of nitrogens with zero attached hydrogens (tertiary/aromatic N) is 3. The van der Waals surface area contributed by atoms with Crippen LogP contribution in [-0.4, -0.2) is 11.7 Å². The summed E-state index contributed by atoms with van der Waals surface area (Å²) in [5.41, 5.74) is 7.72. The van der Waals surface area contributed by atoms with E-state index < -0.39 is 30.1 Å². The van der Waals surface area contributed by atoms with E-state index in [9.17, 15) is 13.2 Å². The average molecular weight is 217 g/mol. The minimum Gasteiger partial charge on any atom is -0.396 e. The predicted octanol–water partition coefficient (Wildman–Crippen LogP) is 2.45. The van der Waals surface area contributed by atoms with E-state index in [1.165, 1.54) is 0 Å². The topological polar surface area (TPSA) is 69.0 Å². The quantitative estimate of drug-likeness (QED) is 0.359. The van der Waals surface area contributed by atoms with Crippen LogP contribution in [0.2, 0.25) is 0 Å². The minimum atomic E-state index is -1.34. The van der Waals surface area contributed by atoms with Gasteiger partial charge in [-0.15, -0.1) is 0 Å². The van der Waals surface area contributed by atoms with Gasteiger partial charge in [0.1, 0.15) is 5.82 Å². The summed E-state index contributed by atoms with van der Waals surface area (Å²) in [6.45, 7) is -0.688. The molecule has 0 aliphatic heterocycles. The summed E-state index contributed by atoms with van der Waals surface area (Å²) < 4.78 is 38.4. The molecule has 0 saturated carbocycles. The molecule has 4 nitrogen and oxygen atoms in total. The highest BCUT2D eigenvalue weighted by Gasteiger charge is 2.16. The summed E-state index contributed by atoms with van der Waals surface area (Å²) in [5, 5.41) is 11.8. The summed E-state index contributed by atoms with van der Waals surface area (Å²) in [5.74, 6) is -3.67. The number of halogens is 3. The second-order valence-electron chi connectivity index (χ2n) is 2.69. The van der Waals surface area contributed by atoms with Crippen LogP contribution >= 0.6 is 0 Å².